The SMILES string of the molecule is COC(=O)c1ccc(-c2c(F)cncc2F)c(O)c1. The number of pyridine rings is 1. The lowest BCUT2D eigenvalue weighted by Crippen LogP contribution is -2.01. The number of ether oxygens (including phenoxy) is 1. The van der Waals surface area contributed by atoms with E-state index < -0.39 is 28.9 Å². The number of esters is 1. The van der Waals surface area contributed by atoms with Gasteiger partial charge in [0.2, 0.25) is 0 Å². The van der Waals surface area contributed by atoms with E-state index in [0.29, 0.717) is 0 Å². The number of hydrogen-bond donors (Lipinski definition) is 1. The average molecular weight is 265 g/mol. The van der Waals surface area contributed by atoms with Crippen molar-refractivity contribution in [3.8, 4) is 16.9 Å². The van der Waals surface area contributed by atoms with Gasteiger partial charge >= 0.3 is 5.97 Å². The molecule has 0 atom stereocenters. The third-order valence-electron chi connectivity index (χ3n) is 2.54. The Labute approximate surface area is 107 Å². The molecule has 0 saturated carbocycles. The van der Waals surface area contributed by atoms with E-state index in [1.165, 1.54) is 19.2 Å². The third kappa shape index (κ3) is 2.37. The Balaban J connectivity index is 2.56. The Morgan fingerprint density at radius 3 is 2.42 bits per heavy atom. The zero-order valence-electron chi connectivity index (χ0n) is 9.85. The van der Waals surface area contributed by atoms with E-state index in [1.807, 2.05) is 0 Å². The molecule has 0 aliphatic rings. The standard InChI is InChI=1S/C13H9F2NO3/c1-19-13(18)7-2-3-8(11(17)4-7)12-9(14)5-16-6-10(12)15/h2-6,17H,1H3. The summed E-state index contributed by atoms with van der Waals surface area (Å²) >= 11 is 0. The molecular weight excluding hydrogens is 256 g/mol. The molecule has 1 N–H and O–H groups in total. The maximum absolute atomic E-state index is 13.5. The highest BCUT2D eigenvalue weighted by Gasteiger charge is 2.17. The summed E-state index contributed by atoms with van der Waals surface area (Å²) in [6.45, 7) is 0. The number of aromatic hydroxyl groups is 1. The van der Waals surface area contributed by atoms with Crippen LogP contribution < -0.4 is 0 Å². The van der Waals surface area contributed by atoms with Crippen molar-refractivity contribution < 1.29 is 23.4 Å². The molecule has 2 rings (SSSR count). The topological polar surface area (TPSA) is 59.4 Å². The van der Waals surface area contributed by atoms with Crippen molar-refractivity contribution >= 4 is 5.97 Å². The Hall–Kier alpha value is -2.50. The first-order chi connectivity index (χ1) is 9.04. The summed E-state index contributed by atoms with van der Waals surface area (Å²) in [6, 6.07) is 3.63. The fraction of sp³-hybridized carbons (Fsp3) is 0.0769. The summed E-state index contributed by atoms with van der Waals surface area (Å²) in [6.07, 6.45) is 1.68. The highest BCUT2D eigenvalue weighted by atomic mass is 19.1. The van der Waals surface area contributed by atoms with Gasteiger partial charge < -0.3 is 9.84 Å². The number of benzene rings is 1. The van der Waals surface area contributed by atoms with Gasteiger partial charge in [-0.3, -0.25) is 4.98 Å². The lowest BCUT2D eigenvalue weighted by molar-refractivity contribution is 0.0600. The number of halogens is 2. The zero-order valence-corrected chi connectivity index (χ0v) is 9.85. The van der Waals surface area contributed by atoms with Crippen LogP contribution in [0.15, 0.2) is 30.6 Å². The molecule has 0 bridgehead atoms. The minimum Gasteiger partial charge on any atom is -0.507 e. The fourth-order valence-corrected chi connectivity index (χ4v) is 1.66. The minimum atomic E-state index is -0.902. The van der Waals surface area contributed by atoms with Crippen LogP contribution in [0.3, 0.4) is 0 Å². The molecule has 0 saturated heterocycles. The van der Waals surface area contributed by atoms with Gasteiger partial charge in [0.1, 0.15) is 5.75 Å². The minimum absolute atomic E-state index is 0.0648. The number of rotatable bonds is 2. The first kappa shape index (κ1) is 12.9. The number of aromatic nitrogens is 1. The molecule has 98 valence electrons. The molecule has 0 spiro atoms. The number of nitrogens with zero attached hydrogens (tertiary/aromatic N) is 1. The maximum atomic E-state index is 13.5. The van der Waals surface area contributed by atoms with Gasteiger partial charge in [-0.2, -0.15) is 0 Å². The van der Waals surface area contributed by atoms with Crippen LogP contribution in [0.2, 0.25) is 0 Å². The number of phenolic OH excluding ortho intramolecular Hbond substituents is 1. The second-order valence-electron chi connectivity index (χ2n) is 3.70. The Kier molecular flexibility index (Phi) is 3.41. The van der Waals surface area contributed by atoms with E-state index in [1.54, 1.807) is 0 Å². The molecular formula is C13H9F2NO3. The first-order valence-electron chi connectivity index (χ1n) is 5.25. The van der Waals surface area contributed by atoms with E-state index in [-0.39, 0.29) is 11.1 Å². The normalized spacial score (nSPS) is 10.3. The van der Waals surface area contributed by atoms with E-state index in [9.17, 15) is 18.7 Å². The molecule has 0 aliphatic heterocycles. The molecule has 0 unspecified atom stereocenters. The van der Waals surface area contributed by atoms with Crippen LogP contribution in [-0.2, 0) is 4.74 Å². The van der Waals surface area contributed by atoms with Crippen molar-refractivity contribution in [3.63, 3.8) is 0 Å². The van der Waals surface area contributed by atoms with Gasteiger partial charge in [0.15, 0.2) is 11.6 Å². The van der Waals surface area contributed by atoms with Crippen LogP contribution in [0, 0.1) is 11.6 Å². The van der Waals surface area contributed by atoms with E-state index in [4.69, 9.17) is 0 Å². The average Bonchev–Trinajstić information content (AvgIpc) is 2.39. The molecule has 0 aliphatic carbocycles. The number of carbonyl (C=O) groups is 1. The van der Waals surface area contributed by atoms with Crippen LogP contribution in [0.5, 0.6) is 5.75 Å². The van der Waals surface area contributed by atoms with Crippen molar-refractivity contribution in [2.24, 2.45) is 0 Å². The van der Waals surface area contributed by atoms with Crippen molar-refractivity contribution in [2.75, 3.05) is 7.11 Å². The Morgan fingerprint density at radius 1 is 1.26 bits per heavy atom. The van der Waals surface area contributed by atoms with Gasteiger partial charge in [0.25, 0.3) is 0 Å². The zero-order chi connectivity index (χ0) is 14.0. The predicted molar refractivity (Wildman–Crippen MR) is 62.6 cm³/mol. The Bertz CT molecular complexity index is 624. The summed E-state index contributed by atoms with van der Waals surface area (Å²) in [4.78, 5) is 14.6. The van der Waals surface area contributed by atoms with Crippen LogP contribution in [0.4, 0.5) is 8.78 Å². The van der Waals surface area contributed by atoms with Gasteiger partial charge in [-0.05, 0) is 18.2 Å². The maximum Gasteiger partial charge on any atom is 0.337 e. The number of hydrogen-bond acceptors (Lipinski definition) is 4. The first-order valence-corrected chi connectivity index (χ1v) is 5.25. The van der Waals surface area contributed by atoms with Crippen molar-refractivity contribution in [2.45, 2.75) is 0 Å². The predicted octanol–water partition coefficient (Wildman–Crippen LogP) is 2.52. The molecule has 1 heterocycles. The molecule has 0 fully saturated rings. The molecule has 0 radical (unpaired) electrons. The van der Waals surface area contributed by atoms with Crippen molar-refractivity contribution in [3.05, 3.63) is 47.8 Å². The molecule has 0 amide bonds. The van der Waals surface area contributed by atoms with Crippen LogP contribution in [0.25, 0.3) is 11.1 Å². The van der Waals surface area contributed by atoms with Gasteiger partial charge in [-0.15, -0.1) is 0 Å². The summed E-state index contributed by atoms with van der Waals surface area (Å²) in [7, 11) is 1.19. The van der Waals surface area contributed by atoms with Crippen LogP contribution in [0.1, 0.15) is 10.4 Å². The quantitative estimate of drug-likeness (QED) is 0.847. The molecule has 4 nitrogen and oxygen atoms in total. The lowest BCUT2D eigenvalue weighted by Gasteiger charge is -2.08. The molecule has 1 aromatic carbocycles. The fourth-order valence-electron chi connectivity index (χ4n) is 1.66. The van der Waals surface area contributed by atoms with Gasteiger partial charge in [0.05, 0.1) is 30.6 Å². The number of methoxy groups -OCH3 is 1. The number of phenols is 1. The second-order valence-corrected chi connectivity index (χ2v) is 3.70. The lowest BCUT2D eigenvalue weighted by atomic mass is 10.0. The van der Waals surface area contributed by atoms with E-state index >= 15 is 0 Å². The van der Waals surface area contributed by atoms with Crippen LogP contribution >= 0.6 is 0 Å². The number of carbonyl (C=O) groups excluding carboxylic acids is 1. The third-order valence-corrected chi connectivity index (χ3v) is 2.54. The van der Waals surface area contributed by atoms with Crippen LogP contribution in [-0.4, -0.2) is 23.2 Å². The van der Waals surface area contributed by atoms with Gasteiger partial charge in [-0.1, -0.05) is 0 Å². The summed E-state index contributed by atoms with van der Waals surface area (Å²) in [5.74, 6) is -2.88. The molecule has 19 heavy (non-hydrogen) atoms. The summed E-state index contributed by atoms with van der Waals surface area (Å²) < 4.78 is 31.5. The van der Waals surface area contributed by atoms with E-state index in [0.717, 1.165) is 18.5 Å². The van der Waals surface area contributed by atoms with E-state index in [2.05, 4.69) is 9.72 Å². The largest absolute Gasteiger partial charge is 0.507 e. The van der Waals surface area contributed by atoms with Crippen molar-refractivity contribution in [1.29, 1.82) is 0 Å². The van der Waals surface area contributed by atoms with Crippen molar-refractivity contribution in [1.82, 2.24) is 4.98 Å². The molecule has 1 aromatic heterocycles. The highest BCUT2D eigenvalue weighted by Crippen LogP contribution is 2.33. The van der Waals surface area contributed by atoms with Gasteiger partial charge in [-0.25, -0.2) is 13.6 Å². The summed E-state index contributed by atoms with van der Waals surface area (Å²) in [5.41, 5.74) is -0.382. The van der Waals surface area contributed by atoms with Gasteiger partial charge in [0, 0.05) is 5.56 Å². The second kappa shape index (κ2) is 5.01. The Morgan fingerprint density at radius 2 is 1.89 bits per heavy atom. The highest BCUT2D eigenvalue weighted by molar-refractivity contribution is 5.91. The molecule has 6 heteroatoms. The molecule has 2 aromatic rings. The summed E-state index contributed by atoms with van der Waals surface area (Å²) in [5, 5.41) is 9.78. The monoisotopic (exact) mass is 265 g/mol. The smallest absolute Gasteiger partial charge is 0.337 e.